The van der Waals surface area contributed by atoms with Gasteiger partial charge in [-0.25, -0.2) is 13.4 Å². The lowest BCUT2D eigenvalue weighted by molar-refractivity contribution is 0.408. The number of sulfonamides is 1. The molecule has 2 rings (SSSR count). The monoisotopic (exact) mass is 296 g/mol. The molecule has 0 spiro atoms. The third kappa shape index (κ3) is 2.51. The predicted octanol–water partition coefficient (Wildman–Crippen LogP) is 1.73. The van der Waals surface area contributed by atoms with Crippen molar-refractivity contribution in [2.24, 2.45) is 0 Å². The summed E-state index contributed by atoms with van der Waals surface area (Å²) in [5.74, 6) is 0.0495. The number of rotatable bonds is 6. The molecule has 0 aliphatic rings. The molecule has 0 saturated carbocycles. The van der Waals surface area contributed by atoms with Crippen LogP contribution in [0.15, 0.2) is 29.4 Å². The van der Waals surface area contributed by atoms with E-state index in [4.69, 9.17) is 5.73 Å². The molecular weight excluding hydrogens is 276 g/mol. The minimum Gasteiger partial charge on any atom is -0.381 e. The Balaban J connectivity index is 2.58. The first-order valence-corrected chi connectivity index (χ1v) is 8.19. The zero-order valence-corrected chi connectivity index (χ0v) is 12.6. The van der Waals surface area contributed by atoms with Crippen LogP contribution in [-0.4, -0.2) is 35.2 Å². The van der Waals surface area contributed by atoms with Gasteiger partial charge in [-0.1, -0.05) is 19.9 Å². The molecule has 0 amide bonds. The van der Waals surface area contributed by atoms with Gasteiger partial charge in [-0.15, -0.1) is 0 Å². The molecule has 7 heteroatoms. The molecule has 0 fully saturated rings. The molecule has 2 heterocycles. The Bertz CT molecular complexity index is 687. The highest BCUT2D eigenvalue weighted by Gasteiger charge is 2.29. The average Bonchev–Trinajstić information content (AvgIpc) is 2.74. The Hall–Kier alpha value is -1.60. The van der Waals surface area contributed by atoms with E-state index in [1.54, 1.807) is 24.4 Å². The zero-order valence-electron chi connectivity index (χ0n) is 11.8. The fourth-order valence-corrected chi connectivity index (χ4v) is 4.02. The summed E-state index contributed by atoms with van der Waals surface area (Å²) >= 11 is 0. The van der Waals surface area contributed by atoms with Crippen molar-refractivity contribution in [2.45, 2.75) is 31.7 Å². The summed E-state index contributed by atoms with van der Waals surface area (Å²) in [5, 5.41) is 0.0648. The van der Waals surface area contributed by atoms with Crippen molar-refractivity contribution in [3.8, 4) is 0 Å². The van der Waals surface area contributed by atoms with Gasteiger partial charge in [-0.3, -0.25) is 4.40 Å². The molecule has 0 saturated heterocycles. The molecule has 0 aliphatic heterocycles. The maximum Gasteiger partial charge on any atom is 0.262 e. The molecule has 0 unspecified atom stereocenters. The van der Waals surface area contributed by atoms with Crippen molar-refractivity contribution in [3.63, 3.8) is 0 Å². The second kappa shape index (κ2) is 5.80. The molecule has 2 aromatic heterocycles. The van der Waals surface area contributed by atoms with Crippen molar-refractivity contribution in [1.82, 2.24) is 13.7 Å². The van der Waals surface area contributed by atoms with Crippen LogP contribution in [0.3, 0.4) is 0 Å². The number of hydrogen-bond acceptors (Lipinski definition) is 4. The summed E-state index contributed by atoms with van der Waals surface area (Å²) in [6.07, 6.45) is 3.19. The molecule has 0 aliphatic carbocycles. The summed E-state index contributed by atoms with van der Waals surface area (Å²) in [5.41, 5.74) is 6.37. The van der Waals surface area contributed by atoms with Crippen LogP contribution in [0, 0.1) is 0 Å². The SMILES string of the molecule is CCCN(CCC)S(=O)(=O)c1c(N)nc2ccccn12. The molecule has 6 nitrogen and oxygen atoms in total. The Kier molecular flexibility index (Phi) is 4.29. The molecule has 0 radical (unpaired) electrons. The number of nitrogens with zero attached hydrogens (tertiary/aromatic N) is 3. The molecule has 0 atom stereocenters. The van der Waals surface area contributed by atoms with Crippen molar-refractivity contribution >= 4 is 21.5 Å². The first kappa shape index (κ1) is 14.8. The molecule has 110 valence electrons. The fourth-order valence-electron chi connectivity index (χ4n) is 2.22. The molecule has 2 N–H and O–H groups in total. The minimum atomic E-state index is -3.63. The summed E-state index contributed by atoms with van der Waals surface area (Å²) in [6.45, 7) is 4.87. The minimum absolute atomic E-state index is 0.0495. The van der Waals surface area contributed by atoms with E-state index < -0.39 is 10.0 Å². The van der Waals surface area contributed by atoms with Crippen molar-refractivity contribution in [3.05, 3.63) is 24.4 Å². The second-order valence-electron chi connectivity index (χ2n) is 4.64. The van der Waals surface area contributed by atoms with E-state index in [1.165, 1.54) is 8.71 Å². The molecule has 2 aromatic rings. The van der Waals surface area contributed by atoms with Crippen LogP contribution in [0.5, 0.6) is 0 Å². The van der Waals surface area contributed by atoms with E-state index >= 15 is 0 Å². The van der Waals surface area contributed by atoms with Crippen LogP contribution in [0.1, 0.15) is 26.7 Å². The van der Waals surface area contributed by atoms with Gasteiger partial charge >= 0.3 is 0 Å². The number of fused-ring (bicyclic) bond motifs is 1. The lowest BCUT2D eigenvalue weighted by atomic mass is 10.4. The molecule has 0 bridgehead atoms. The second-order valence-corrected chi connectivity index (χ2v) is 6.49. The van der Waals surface area contributed by atoms with E-state index in [-0.39, 0.29) is 10.8 Å². The molecular formula is C13H20N4O2S. The summed E-state index contributed by atoms with van der Waals surface area (Å²) in [7, 11) is -3.63. The van der Waals surface area contributed by atoms with Gasteiger partial charge in [0.15, 0.2) is 10.8 Å². The largest absolute Gasteiger partial charge is 0.381 e. The zero-order chi connectivity index (χ0) is 14.8. The van der Waals surface area contributed by atoms with Gasteiger partial charge in [-0.05, 0) is 25.0 Å². The summed E-state index contributed by atoms with van der Waals surface area (Å²) in [6, 6.07) is 5.30. The van der Waals surface area contributed by atoms with E-state index in [0.29, 0.717) is 18.7 Å². The quantitative estimate of drug-likeness (QED) is 0.880. The highest BCUT2D eigenvalue weighted by molar-refractivity contribution is 7.89. The Morgan fingerprint density at radius 1 is 1.25 bits per heavy atom. The maximum absolute atomic E-state index is 12.8. The number of imidazole rings is 1. The highest BCUT2D eigenvalue weighted by atomic mass is 32.2. The van der Waals surface area contributed by atoms with E-state index in [0.717, 1.165) is 12.8 Å². The third-order valence-corrected chi connectivity index (χ3v) is 4.98. The normalized spacial score (nSPS) is 12.3. The fraction of sp³-hybridized carbons (Fsp3) is 0.462. The highest BCUT2D eigenvalue weighted by Crippen LogP contribution is 2.24. The van der Waals surface area contributed by atoms with Crippen molar-refractivity contribution in [2.75, 3.05) is 18.8 Å². The van der Waals surface area contributed by atoms with Crippen LogP contribution in [0.2, 0.25) is 0 Å². The average molecular weight is 296 g/mol. The Morgan fingerprint density at radius 2 is 1.90 bits per heavy atom. The Morgan fingerprint density at radius 3 is 2.50 bits per heavy atom. The number of nitrogen functional groups attached to an aromatic ring is 1. The van der Waals surface area contributed by atoms with E-state index in [9.17, 15) is 8.42 Å². The van der Waals surface area contributed by atoms with Gasteiger partial charge in [0.2, 0.25) is 0 Å². The van der Waals surface area contributed by atoms with Crippen molar-refractivity contribution in [1.29, 1.82) is 0 Å². The number of pyridine rings is 1. The number of nitrogens with two attached hydrogens (primary N) is 1. The van der Waals surface area contributed by atoms with E-state index in [2.05, 4.69) is 4.98 Å². The van der Waals surface area contributed by atoms with Gasteiger partial charge in [-0.2, -0.15) is 4.31 Å². The maximum atomic E-state index is 12.8. The standard InChI is InChI=1S/C13H20N4O2S/c1-3-8-16(9-4-2)20(18,19)13-12(14)15-11-7-5-6-10-17(11)13/h5-7,10H,3-4,8-9,14H2,1-2H3. The van der Waals surface area contributed by atoms with E-state index in [1.807, 2.05) is 13.8 Å². The van der Waals surface area contributed by atoms with Crippen LogP contribution < -0.4 is 5.73 Å². The first-order chi connectivity index (χ1) is 9.52. The number of aromatic nitrogens is 2. The van der Waals surface area contributed by atoms with Gasteiger partial charge in [0, 0.05) is 19.3 Å². The predicted molar refractivity (Wildman–Crippen MR) is 78.9 cm³/mol. The van der Waals surface area contributed by atoms with Crippen LogP contribution >= 0.6 is 0 Å². The number of anilines is 1. The van der Waals surface area contributed by atoms with Crippen LogP contribution in [0.4, 0.5) is 5.82 Å². The lowest BCUT2D eigenvalue weighted by Gasteiger charge is -2.20. The topological polar surface area (TPSA) is 80.7 Å². The number of hydrogen-bond donors (Lipinski definition) is 1. The first-order valence-electron chi connectivity index (χ1n) is 6.75. The van der Waals surface area contributed by atoms with Crippen LogP contribution in [0.25, 0.3) is 5.65 Å². The smallest absolute Gasteiger partial charge is 0.262 e. The summed E-state index contributed by atoms with van der Waals surface area (Å²) in [4.78, 5) is 4.12. The molecule has 20 heavy (non-hydrogen) atoms. The summed E-state index contributed by atoms with van der Waals surface area (Å²) < 4.78 is 28.6. The van der Waals surface area contributed by atoms with Gasteiger partial charge in [0.25, 0.3) is 10.0 Å². The lowest BCUT2D eigenvalue weighted by Crippen LogP contribution is -2.33. The third-order valence-electron chi connectivity index (χ3n) is 3.04. The van der Waals surface area contributed by atoms with Crippen molar-refractivity contribution < 1.29 is 8.42 Å². The van der Waals surface area contributed by atoms with Crippen LogP contribution in [-0.2, 0) is 10.0 Å². The Labute approximate surface area is 119 Å². The van der Waals surface area contributed by atoms with Gasteiger partial charge in [0.1, 0.15) is 5.65 Å². The van der Waals surface area contributed by atoms with Gasteiger partial charge < -0.3 is 5.73 Å². The van der Waals surface area contributed by atoms with Gasteiger partial charge in [0.05, 0.1) is 0 Å². The molecule has 0 aromatic carbocycles.